The number of hydrogen-bond donors (Lipinski definition) is 1. The first-order valence-corrected chi connectivity index (χ1v) is 11.9. The largest absolute Gasteiger partial charge is 0.453 e. The van der Waals surface area contributed by atoms with E-state index >= 15 is 0 Å². The van der Waals surface area contributed by atoms with Crippen LogP contribution in [0, 0.1) is 6.92 Å². The summed E-state index contributed by atoms with van der Waals surface area (Å²) in [5.41, 5.74) is 4.62. The van der Waals surface area contributed by atoms with E-state index in [1.807, 2.05) is 49.4 Å². The molecule has 2 amide bonds. The van der Waals surface area contributed by atoms with Crippen LogP contribution in [0.2, 0.25) is 0 Å². The quantitative estimate of drug-likeness (QED) is 0.422. The number of para-hydroxylation sites is 1. The van der Waals surface area contributed by atoms with Gasteiger partial charge in [-0.2, -0.15) is 0 Å². The SMILES string of the molecule is COC(=O)N1CCc2c(sc(NC(=O)c3ccccc3C)c2-c2nc3ccccc3s2)C1. The Morgan fingerprint density at radius 2 is 1.88 bits per heavy atom. The van der Waals surface area contributed by atoms with Crippen molar-refractivity contribution in [3.8, 4) is 10.6 Å². The highest BCUT2D eigenvalue weighted by Crippen LogP contribution is 2.45. The number of hydrogen-bond acceptors (Lipinski definition) is 6. The number of thiazole rings is 1. The maximum absolute atomic E-state index is 13.1. The van der Waals surface area contributed by atoms with Crippen molar-refractivity contribution in [3.63, 3.8) is 0 Å². The number of nitrogens with zero attached hydrogens (tertiary/aromatic N) is 2. The average molecular weight is 464 g/mol. The Balaban J connectivity index is 1.59. The van der Waals surface area contributed by atoms with Crippen molar-refractivity contribution in [3.05, 3.63) is 70.1 Å². The van der Waals surface area contributed by atoms with Crippen LogP contribution in [-0.2, 0) is 17.7 Å². The molecule has 0 radical (unpaired) electrons. The molecule has 0 saturated heterocycles. The molecule has 5 rings (SSSR count). The second kappa shape index (κ2) is 8.37. The molecule has 0 saturated carbocycles. The Labute approximate surface area is 193 Å². The number of fused-ring (bicyclic) bond motifs is 2. The minimum absolute atomic E-state index is 0.145. The van der Waals surface area contributed by atoms with E-state index in [0.717, 1.165) is 41.8 Å². The predicted octanol–water partition coefficient (Wildman–Crippen LogP) is 5.71. The van der Waals surface area contributed by atoms with Crippen molar-refractivity contribution >= 4 is 49.9 Å². The number of aromatic nitrogens is 1. The zero-order valence-corrected chi connectivity index (χ0v) is 19.3. The molecule has 162 valence electrons. The lowest BCUT2D eigenvalue weighted by atomic mass is 10.0. The third kappa shape index (κ3) is 3.65. The van der Waals surface area contributed by atoms with Gasteiger partial charge in [0.2, 0.25) is 0 Å². The van der Waals surface area contributed by atoms with Crippen LogP contribution >= 0.6 is 22.7 Å². The highest BCUT2D eigenvalue weighted by Gasteiger charge is 2.30. The Bertz CT molecular complexity index is 1310. The van der Waals surface area contributed by atoms with Crippen LogP contribution in [0.25, 0.3) is 20.8 Å². The first kappa shape index (κ1) is 20.7. The van der Waals surface area contributed by atoms with Gasteiger partial charge in [-0.05, 0) is 42.7 Å². The zero-order chi connectivity index (χ0) is 22.2. The summed E-state index contributed by atoms with van der Waals surface area (Å²) in [7, 11) is 1.40. The fraction of sp³-hybridized carbons (Fsp3) is 0.208. The zero-order valence-electron chi connectivity index (χ0n) is 17.7. The van der Waals surface area contributed by atoms with E-state index in [2.05, 4.69) is 11.4 Å². The van der Waals surface area contributed by atoms with Crippen LogP contribution in [-0.4, -0.2) is 35.5 Å². The van der Waals surface area contributed by atoms with Crippen molar-refractivity contribution in [2.24, 2.45) is 0 Å². The number of methoxy groups -OCH3 is 1. The summed E-state index contributed by atoms with van der Waals surface area (Å²) in [5.74, 6) is -0.145. The summed E-state index contributed by atoms with van der Waals surface area (Å²) >= 11 is 3.13. The number of thiophene rings is 1. The standard InChI is InChI=1S/C24H21N3O3S2/c1-14-7-3-4-8-15(14)21(28)26-23-20(22-25-17-9-5-6-10-18(17)31-22)16-11-12-27(24(29)30-2)13-19(16)32-23/h3-10H,11-13H2,1-2H3,(H,26,28). The van der Waals surface area contributed by atoms with Crippen LogP contribution < -0.4 is 5.32 Å². The number of benzene rings is 2. The molecule has 2 aromatic carbocycles. The molecule has 0 spiro atoms. The van der Waals surface area contributed by atoms with Crippen LogP contribution in [0.15, 0.2) is 48.5 Å². The molecule has 0 atom stereocenters. The molecule has 4 aromatic rings. The summed E-state index contributed by atoms with van der Waals surface area (Å²) in [6.07, 6.45) is 0.350. The lowest BCUT2D eigenvalue weighted by Crippen LogP contribution is -2.35. The van der Waals surface area contributed by atoms with E-state index < -0.39 is 0 Å². The normalized spacial score (nSPS) is 13.1. The molecule has 2 aromatic heterocycles. The summed E-state index contributed by atoms with van der Waals surface area (Å²) in [6.45, 7) is 2.96. The number of amides is 2. The van der Waals surface area contributed by atoms with Crippen molar-refractivity contribution < 1.29 is 14.3 Å². The van der Waals surface area contributed by atoms with Crippen molar-refractivity contribution in [2.45, 2.75) is 19.9 Å². The summed E-state index contributed by atoms with van der Waals surface area (Å²) in [4.78, 5) is 32.8. The third-order valence-corrected chi connectivity index (χ3v) is 7.80. The Morgan fingerprint density at radius 3 is 2.66 bits per heavy atom. The lowest BCUT2D eigenvalue weighted by Gasteiger charge is -2.25. The fourth-order valence-electron chi connectivity index (χ4n) is 3.98. The van der Waals surface area contributed by atoms with Crippen LogP contribution in [0.5, 0.6) is 0 Å². The molecular weight excluding hydrogens is 442 g/mol. The van der Waals surface area contributed by atoms with E-state index in [-0.39, 0.29) is 12.0 Å². The molecule has 0 aliphatic carbocycles. The van der Waals surface area contributed by atoms with Gasteiger partial charge in [-0.1, -0.05) is 30.3 Å². The average Bonchev–Trinajstić information content (AvgIpc) is 3.38. The van der Waals surface area contributed by atoms with Crippen LogP contribution in [0.4, 0.5) is 9.80 Å². The molecule has 0 fully saturated rings. The number of aryl methyl sites for hydroxylation is 1. The second-order valence-corrected chi connectivity index (χ2v) is 9.74. The van der Waals surface area contributed by atoms with Gasteiger partial charge in [0.25, 0.3) is 5.91 Å². The molecule has 0 unspecified atom stereocenters. The van der Waals surface area contributed by atoms with Gasteiger partial charge in [-0.15, -0.1) is 22.7 Å². The maximum atomic E-state index is 13.1. The van der Waals surface area contributed by atoms with Gasteiger partial charge in [-0.25, -0.2) is 9.78 Å². The minimum Gasteiger partial charge on any atom is -0.453 e. The summed E-state index contributed by atoms with van der Waals surface area (Å²) in [6, 6.07) is 15.6. The fourth-order valence-corrected chi connectivity index (χ4v) is 6.35. The van der Waals surface area contributed by atoms with E-state index in [1.54, 1.807) is 16.2 Å². The van der Waals surface area contributed by atoms with Crippen molar-refractivity contribution in [1.29, 1.82) is 0 Å². The van der Waals surface area contributed by atoms with Gasteiger partial charge in [0.1, 0.15) is 10.0 Å². The van der Waals surface area contributed by atoms with E-state index in [9.17, 15) is 9.59 Å². The van der Waals surface area contributed by atoms with Crippen LogP contribution in [0.3, 0.4) is 0 Å². The lowest BCUT2D eigenvalue weighted by molar-refractivity contribution is 0.102. The van der Waals surface area contributed by atoms with Crippen molar-refractivity contribution in [1.82, 2.24) is 9.88 Å². The molecule has 1 aliphatic rings. The Kier molecular flexibility index (Phi) is 5.40. The number of ether oxygens (including phenoxy) is 1. The number of anilines is 1. The van der Waals surface area contributed by atoms with Crippen LogP contribution in [0.1, 0.15) is 26.4 Å². The van der Waals surface area contributed by atoms with Gasteiger partial charge in [0, 0.05) is 22.5 Å². The minimum atomic E-state index is -0.337. The van der Waals surface area contributed by atoms with Gasteiger partial charge in [-0.3, -0.25) is 4.79 Å². The van der Waals surface area contributed by atoms with Gasteiger partial charge in [0.15, 0.2) is 0 Å². The number of carbonyl (C=O) groups is 2. The molecule has 6 nitrogen and oxygen atoms in total. The number of rotatable bonds is 3. The molecular formula is C24H21N3O3S2. The first-order chi connectivity index (χ1) is 15.5. The number of nitrogens with one attached hydrogen (secondary N) is 1. The highest BCUT2D eigenvalue weighted by atomic mass is 32.1. The smallest absolute Gasteiger partial charge is 0.409 e. The third-order valence-electron chi connectivity index (χ3n) is 5.61. The molecule has 1 aliphatic heterocycles. The molecule has 8 heteroatoms. The molecule has 1 N–H and O–H groups in total. The molecule has 32 heavy (non-hydrogen) atoms. The predicted molar refractivity (Wildman–Crippen MR) is 129 cm³/mol. The van der Waals surface area contributed by atoms with E-state index in [0.29, 0.717) is 25.1 Å². The summed E-state index contributed by atoms with van der Waals surface area (Å²) in [5, 5.41) is 4.79. The summed E-state index contributed by atoms with van der Waals surface area (Å²) < 4.78 is 6.02. The van der Waals surface area contributed by atoms with Gasteiger partial charge in [0.05, 0.1) is 23.9 Å². The highest BCUT2D eigenvalue weighted by molar-refractivity contribution is 7.23. The topological polar surface area (TPSA) is 71.5 Å². The second-order valence-electron chi connectivity index (χ2n) is 7.61. The number of carbonyl (C=O) groups excluding carboxylic acids is 2. The van der Waals surface area contributed by atoms with Crippen molar-refractivity contribution in [2.75, 3.05) is 19.0 Å². The van der Waals surface area contributed by atoms with E-state index in [4.69, 9.17) is 9.72 Å². The Morgan fingerprint density at radius 1 is 1.09 bits per heavy atom. The van der Waals surface area contributed by atoms with Gasteiger partial charge >= 0.3 is 6.09 Å². The van der Waals surface area contributed by atoms with Gasteiger partial charge < -0.3 is 15.0 Å². The first-order valence-electron chi connectivity index (χ1n) is 10.3. The molecule has 3 heterocycles. The molecule has 0 bridgehead atoms. The van der Waals surface area contributed by atoms with E-state index in [1.165, 1.54) is 18.4 Å². The maximum Gasteiger partial charge on any atom is 0.409 e. The monoisotopic (exact) mass is 463 g/mol. The Hall–Kier alpha value is -3.23.